The number of nitrogens with one attached hydrogen (secondary N) is 4. The Bertz CT molecular complexity index is 2840. The zero-order chi connectivity index (χ0) is 48.8. The van der Waals surface area contributed by atoms with Crippen LogP contribution < -0.4 is 20.1 Å². The molecule has 358 valence electrons. The van der Waals surface area contributed by atoms with E-state index < -0.39 is 29.0 Å². The van der Waals surface area contributed by atoms with Gasteiger partial charge in [0.15, 0.2) is 0 Å². The second-order valence-electron chi connectivity index (χ2n) is 20.5. The van der Waals surface area contributed by atoms with Crippen LogP contribution in [0.15, 0.2) is 97.3 Å². The van der Waals surface area contributed by atoms with Gasteiger partial charge in [0.25, 0.3) is 0 Å². The van der Waals surface area contributed by atoms with Gasteiger partial charge in [0.05, 0.1) is 35.9 Å². The lowest BCUT2D eigenvalue weighted by molar-refractivity contribution is -0.140. The summed E-state index contributed by atoms with van der Waals surface area (Å²) in [5.74, 6) is 2.05. The molecule has 0 spiro atoms. The van der Waals surface area contributed by atoms with E-state index in [1.54, 1.807) is 11.1 Å². The van der Waals surface area contributed by atoms with Crippen molar-refractivity contribution >= 4 is 23.6 Å². The topological polar surface area (TPSA) is 175 Å². The van der Waals surface area contributed by atoms with Crippen molar-refractivity contribution in [2.45, 2.75) is 112 Å². The van der Waals surface area contributed by atoms with Crippen molar-refractivity contribution in [1.82, 2.24) is 40.4 Å². The molecule has 6 aromatic rings. The van der Waals surface area contributed by atoms with Gasteiger partial charge in [-0.25, -0.2) is 9.97 Å². The number of rotatable bonds is 13. The summed E-state index contributed by atoms with van der Waals surface area (Å²) >= 11 is 0. The molecule has 0 bridgehead atoms. The number of aromatic amines is 2. The standard InChI is InChI=1S/C55H62N8O6/c1-9-22-62(50(64)46(33-17-12-10-13-18-33)60-52(66)54(3,4)5)32(2)48-56-28-39(58-48)35-24-37-30-69-43-27-36(25-38-31-68-42(26-35)44(37)45(38)43)40-29-57-49(59-40)41-21-16-23-63(41)51(65)47(34-19-14-11-15-20-34)61-53(67)55(6,7)8/h10-15,17-20,24-29,32,41,46-47H,9,16,21-23,30-31H2,1-8H3,(H,56,58)(H,57,59)(H,60,66)(H,61,67)/t32-,41-,46+,47+/m0/s1. The number of carbonyl (C=O) groups is 4. The highest BCUT2D eigenvalue weighted by Crippen LogP contribution is 2.51. The minimum Gasteiger partial charge on any atom is -0.488 e. The molecule has 69 heavy (non-hydrogen) atoms. The number of benzene rings is 4. The van der Waals surface area contributed by atoms with Crippen LogP contribution in [-0.2, 0) is 32.4 Å². The lowest BCUT2D eigenvalue weighted by atomic mass is 9.87. The Kier molecular flexibility index (Phi) is 12.7. The normalized spacial score (nSPS) is 16.3. The predicted octanol–water partition coefficient (Wildman–Crippen LogP) is 9.69. The fourth-order valence-corrected chi connectivity index (χ4v) is 9.43. The van der Waals surface area contributed by atoms with Crippen LogP contribution in [0, 0.1) is 10.8 Å². The van der Waals surface area contributed by atoms with Crippen LogP contribution in [0.25, 0.3) is 33.6 Å². The molecule has 4 aromatic carbocycles. The zero-order valence-electron chi connectivity index (χ0n) is 40.7. The maximum absolute atomic E-state index is 14.5. The zero-order valence-corrected chi connectivity index (χ0v) is 40.7. The van der Waals surface area contributed by atoms with Gasteiger partial charge in [-0.2, -0.15) is 0 Å². The van der Waals surface area contributed by atoms with E-state index in [9.17, 15) is 19.2 Å². The first kappa shape index (κ1) is 46.9. The Morgan fingerprint density at radius 1 is 0.739 bits per heavy atom. The van der Waals surface area contributed by atoms with E-state index >= 15 is 0 Å². The van der Waals surface area contributed by atoms with Crippen molar-refractivity contribution in [2.75, 3.05) is 13.1 Å². The van der Waals surface area contributed by atoms with Crippen LogP contribution >= 0.6 is 0 Å². The van der Waals surface area contributed by atoms with Crippen LogP contribution in [-0.4, -0.2) is 66.5 Å². The average Bonchev–Trinajstić information content (AvgIpc) is 4.15. The summed E-state index contributed by atoms with van der Waals surface area (Å²) in [6, 6.07) is 24.7. The van der Waals surface area contributed by atoms with Gasteiger partial charge in [0, 0.05) is 57.3 Å². The highest BCUT2D eigenvalue weighted by molar-refractivity contribution is 5.92. The summed E-state index contributed by atoms with van der Waals surface area (Å²) in [7, 11) is 0. The molecular weight excluding hydrogens is 869 g/mol. The second-order valence-corrected chi connectivity index (χ2v) is 20.5. The Balaban J connectivity index is 0.942. The van der Waals surface area contributed by atoms with Crippen molar-refractivity contribution in [1.29, 1.82) is 0 Å². The van der Waals surface area contributed by atoms with Gasteiger partial charge in [-0.3, -0.25) is 19.2 Å². The fourth-order valence-electron chi connectivity index (χ4n) is 9.43. The van der Waals surface area contributed by atoms with Gasteiger partial charge in [-0.15, -0.1) is 0 Å². The molecule has 4 atom stereocenters. The molecule has 9 rings (SSSR count). The van der Waals surface area contributed by atoms with Crippen molar-refractivity contribution in [2.24, 2.45) is 10.8 Å². The molecule has 14 nitrogen and oxygen atoms in total. The molecule has 0 saturated carbocycles. The lowest BCUT2D eigenvalue weighted by Gasteiger charge is -2.33. The van der Waals surface area contributed by atoms with E-state index in [0.717, 1.165) is 86.7 Å². The first-order valence-corrected chi connectivity index (χ1v) is 24.0. The van der Waals surface area contributed by atoms with Gasteiger partial charge >= 0.3 is 0 Å². The molecule has 0 aliphatic carbocycles. The summed E-state index contributed by atoms with van der Waals surface area (Å²) in [5, 5.41) is 6.07. The van der Waals surface area contributed by atoms with Gasteiger partial charge in [0.1, 0.15) is 48.4 Å². The van der Waals surface area contributed by atoms with Gasteiger partial charge in [-0.05, 0) is 61.6 Å². The van der Waals surface area contributed by atoms with Crippen LogP contribution in [0.3, 0.4) is 0 Å². The number of imidazole rings is 2. The number of carbonyl (C=O) groups excluding carboxylic acids is 4. The maximum atomic E-state index is 14.5. The molecule has 1 saturated heterocycles. The Labute approximate surface area is 403 Å². The van der Waals surface area contributed by atoms with Crippen LogP contribution in [0.5, 0.6) is 11.5 Å². The molecule has 3 aliphatic heterocycles. The third kappa shape index (κ3) is 9.36. The Morgan fingerprint density at radius 2 is 1.26 bits per heavy atom. The van der Waals surface area contributed by atoms with E-state index in [4.69, 9.17) is 19.4 Å². The molecule has 0 unspecified atom stereocenters. The van der Waals surface area contributed by atoms with Gasteiger partial charge < -0.3 is 39.9 Å². The minimum atomic E-state index is -0.859. The molecule has 14 heteroatoms. The number of likely N-dealkylation sites (tertiary alicyclic amines) is 1. The van der Waals surface area contributed by atoms with Crippen LogP contribution in [0.2, 0.25) is 0 Å². The highest BCUT2D eigenvalue weighted by atomic mass is 16.5. The summed E-state index contributed by atoms with van der Waals surface area (Å²) in [6.45, 7) is 16.7. The van der Waals surface area contributed by atoms with E-state index in [0.29, 0.717) is 38.0 Å². The largest absolute Gasteiger partial charge is 0.488 e. The SMILES string of the molecule is CCCN(C(=O)[C@H](NC(=O)C(C)(C)C)c1ccccc1)[C@@H](C)c1ncc(-c2cc3c4c(c2)OCc2cc(-c5cnc([C@@H]6CCCN6C(=O)[C@H](NC(=O)C(C)(C)C)c6ccccc6)[nH]5)cc(c2-4)OC3)[nH]1. The third-order valence-electron chi connectivity index (χ3n) is 13.3. The van der Waals surface area contributed by atoms with Crippen molar-refractivity contribution in [3.8, 4) is 45.1 Å². The molecular formula is C55H62N8O6. The number of ether oxygens (including phenoxy) is 2. The summed E-state index contributed by atoms with van der Waals surface area (Å²) < 4.78 is 13.0. The van der Waals surface area contributed by atoms with E-state index in [-0.39, 0.29) is 29.7 Å². The molecule has 4 amide bonds. The molecule has 2 aromatic heterocycles. The van der Waals surface area contributed by atoms with Crippen LogP contribution in [0.1, 0.15) is 133 Å². The first-order valence-electron chi connectivity index (χ1n) is 24.0. The van der Waals surface area contributed by atoms with Crippen molar-refractivity contribution in [3.05, 3.63) is 131 Å². The molecule has 1 fully saturated rings. The van der Waals surface area contributed by atoms with Crippen LogP contribution in [0.4, 0.5) is 0 Å². The minimum absolute atomic E-state index is 0.162. The summed E-state index contributed by atoms with van der Waals surface area (Å²) in [4.78, 5) is 75.5. The smallest absolute Gasteiger partial charge is 0.250 e. The van der Waals surface area contributed by atoms with Gasteiger partial charge in [-0.1, -0.05) is 109 Å². The highest BCUT2D eigenvalue weighted by Gasteiger charge is 2.39. The lowest BCUT2D eigenvalue weighted by Crippen LogP contribution is -2.47. The Morgan fingerprint density at radius 3 is 1.81 bits per heavy atom. The maximum Gasteiger partial charge on any atom is 0.250 e. The summed E-state index contributed by atoms with van der Waals surface area (Å²) in [5.41, 5.74) is 7.43. The number of hydrogen-bond donors (Lipinski definition) is 4. The van der Waals surface area contributed by atoms with E-state index in [1.807, 2.05) is 139 Å². The van der Waals surface area contributed by atoms with E-state index in [1.165, 1.54) is 0 Å². The number of H-pyrrole nitrogens is 2. The van der Waals surface area contributed by atoms with E-state index in [2.05, 4.69) is 32.7 Å². The Hall–Kier alpha value is -7.22. The monoisotopic (exact) mass is 930 g/mol. The van der Waals surface area contributed by atoms with Crippen molar-refractivity contribution in [3.63, 3.8) is 0 Å². The average molecular weight is 931 g/mol. The first-order chi connectivity index (χ1) is 33.0. The molecule has 0 radical (unpaired) electrons. The molecule has 5 heterocycles. The number of aromatic nitrogens is 4. The predicted molar refractivity (Wildman–Crippen MR) is 263 cm³/mol. The number of amides is 4. The molecule has 4 N–H and O–H groups in total. The number of nitrogens with zero attached hydrogens (tertiary/aromatic N) is 4. The number of hydrogen-bond acceptors (Lipinski definition) is 8. The van der Waals surface area contributed by atoms with Crippen molar-refractivity contribution < 1.29 is 28.7 Å². The fraction of sp³-hybridized carbons (Fsp3) is 0.382. The second kappa shape index (κ2) is 18.7. The summed E-state index contributed by atoms with van der Waals surface area (Å²) in [6.07, 6.45) is 5.87. The third-order valence-corrected chi connectivity index (χ3v) is 13.3. The molecule has 3 aliphatic rings. The van der Waals surface area contributed by atoms with Gasteiger partial charge in [0.2, 0.25) is 23.6 Å². The quantitative estimate of drug-likeness (QED) is 0.0886.